The van der Waals surface area contributed by atoms with Gasteiger partial charge in [0, 0.05) is 18.3 Å². The lowest BCUT2D eigenvalue weighted by Gasteiger charge is -1.93. The summed E-state index contributed by atoms with van der Waals surface area (Å²) in [5, 5.41) is 6.42. The van der Waals surface area contributed by atoms with Crippen LogP contribution in [0.15, 0.2) is 63.9 Å². The Balaban J connectivity index is 1.66. The molecule has 0 spiro atoms. The van der Waals surface area contributed by atoms with Crippen LogP contribution in [0.2, 0.25) is 0 Å². The summed E-state index contributed by atoms with van der Waals surface area (Å²) in [5.41, 5.74) is 1.23. The Labute approximate surface area is 120 Å². The normalized spacial score (nSPS) is 10.9. The maximum absolute atomic E-state index is 11.7. The molecule has 3 heterocycles. The maximum atomic E-state index is 11.7. The number of amides is 1. The van der Waals surface area contributed by atoms with Crippen molar-refractivity contribution >= 4 is 17.9 Å². The zero-order chi connectivity index (χ0) is 14.5. The Hall–Kier alpha value is -3.15. The molecule has 104 valence electrons. The number of hydrogen-bond acceptors (Lipinski definition) is 5. The predicted molar refractivity (Wildman–Crippen MR) is 76.1 cm³/mol. The molecule has 0 aliphatic heterocycles. The molecule has 0 radical (unpaired) electrons. The van der Waals surface area contributed by atoms with Gasteiger partial charge in [-0.15, -0.1) is 0 Å². The van der Waals surface area contributed by atoms with Gasteiger partial charge in [-0.1, -0.05) is 11.2 Å². The number of anilines is 1. The van der Waals surface area contributed by atoms with Crippen LogP contribution in [0, 0.1) is 0 Å². The van der Waals surface area contributed by atoms with Crippen LogP contribution in [-0.4, -0.2) is 16.0 Å². The number of hydrogen-bond donors (Lipinski definition) is 1. The van der Waals surface area contributed by atoms with Crippen LogP contribution in [0.3, 0.4) is 0 Å². The minimum absolute atomic E-state index is 0.254. The van der Waals surface area contributed by atoms with Gasteiger partial charge in [0.1, 0.15) is 11.5 Å². The molecule has 3 rings (SSSR count). The first-order valence-corrected chi connectivity index (χ1v) is 6.22. The molecule has 0 saturated carbocycles. The second kappa shape index (κ2) is 5.87. The van der Waals surface area contributed by atoms with E-state index in [4.69, 9.17) is 8.94 Å². The van der Waals surface area contributed by atoms with Gasteiger partial charge in [0.25, 0.3) is 5.91 Å². The van der Waals surface area contributed by atoms with Gasteiger partial charge in [0.2, 0.25) is 5.88 Å². The molecule has 0 saturated heterocycles. The maximum Gasteiger partial charge on any atom is 0.250 e. The van der Waals surface area contributed by atoms with E-state index in [1.165, 1.54) is 12.3 Å². The lowest BCUT2D eigenvalue weighted by Crippen LogP contribution is -2.06. The van der Waals surface area contributed by atoms with Gasteiger partial charge in [-0.05, 0) is 30.3 Å². The highest BCUT2D eigenvalue weighted by Crippen LogP contribution is 2.19. The number of nitrogens with zero attached hydrogens (tertiary/aromatic N) is 2. The standard InChI is InChI=1S/C15H11N3O3/c19-14(7-6-11-4-3-9-20-11)17-15-10-13(18-21-15)12-5-1-2-8-16-12/h1-10H,(H,17,19)/b7-6+. The molecule has 21 heavy (non-hydrogen) atoms. The van der Waals surface area contributed by atoms with Crippen molar-refractivity contribution in [3.05, 3.63) is 60.7 Å². The molecule has 0 fully saturated rings. The average Bonchev–Trinajstić information content (AvgIpc) is 3.17. The molecule has 0 aliphatic carbocycles. The number of nitrogens with one attached hydrogen (secondary N) is 1. The van der Waals surface area contributed by atoms with E-state index in [-0.39, 0.29) is 11.8 Å². The Kier molecular flexibility index (Phi) is 3.60. The zero-order valence-corrected chi connectivity index (χ0v) is 10.9. The van der Waals surface area contributed by atoms with E-state index in [2.05, 4.69) is 15.5 Å². The van der Waals surface area contributed by atoms with Crippen LogP contribution in [-0.2, 0) is 4.79 Å². The number of carbonyl (C=O) groups excluding carboxylic acids is 1. The number of carbonyl (C=O) groups is 1. The second-order valence-electron chi connectivity index (χ2n) is 4.13. The molecular formula is C15H11N3O3. The number of aromatic nitrogens is 2. The predicted octanol–water partition coefficient (Wildman–Crippen LogP) is 2.98. The van der Waals surface area contributed by atoms with E-state index in [9.17, 15) is 4.79 Å². The largest absolute Gasteiger partial charge is 0.465 e. The van der Waals surface area contributed by atoms with E-state index in [0.29, 0.717) is 17.1 Å². The van der Waals surface area contributed by atoms with Crippen LogP contribution >= 0.6 is 0 Å². The summed E-state index contributed by atoms with van der Waals surface area (Å²) in [5.74, 6) is 0.511. The molecule has 0 bridgehead atoms. The number of pyridine rings is 1. The van der Waals surface area contributed by atoms with E-state index in [0.717, 1.165) is 0 Å². The topological polar surface area (TPSA) is 81.2 Å². The van der Waals surface area contributed by atoms with Crippen molar-refractivity contribution in [2.45, 2.75) is 0 Å². The highest BCUT2D eigenvalue weighted by atomic mass is 16.5. The molecule has 3 aromatic rings. The summed E-state index contributed by atoms with van der Waals surface area (Å²) in [7, 11) is 0. The first-order chi connectivity index (χ1) is 10.3. The first-order valence-electron chi connectivity index (χ1n) is 6.22. The summed E-state index contributed by atoms with van der Waals surface area (Å²) in [6.07, 6.45) is 6.11. The lowest BCUT2D eigenvalue weighted by atomic mass is 10.3. The fourth-order valence-corrected chi connectivity index (χ4v) is 1.68. The van der Waals surface area contributed by atoms with E-state index in [1.807, 2.05) is 12.1 Å². The van der Waals surface area contributed by atoms with Crippen molar-refractivity contribution in [3.63, 3.8) is 0 Å². The quantitative estimate of drug-likeness (QED) is 0.743. The lowest BCUT2D eigenvalue weighted by molar-refractivity contribution is -0.112. The summed E-state index contributed by atoms with van der Waals surface area (Å²) in [6, 6.07) is 10.6. The van der Waals surface area contributed by atoms with Crippen molar-refractivity contribution in [1.82, 2.24) is 10.1 Å². The Morgan fingerprint density at radius 1 is 1.19 bits per heavy atom. The second-order valence-corrected chi connectivity index (χ2v) is 4.13. The molecule has 1 N–H and O–H groups in total. The Morgan fingerprint density at radius 2 is 2.14 bits per heavy atom. The minimum atomic E-state index is -0.338. The fourth-order valence-electron chi connectivity index (χ4n) is 1.68. The van der Waals surface area contributed by atoms with Gasteiger partial charge in [-0.2, -0.15) is 0 Å². The van der Waals surface area contributed by atoms with Gasteiger partial charge in [-0.25, -0.2) is 0 Å². The Morgan fingerprint density at radius 3 is 2.90 bits per heavy atom. The van der Waals surface area contributed by atoms with Crippen molar-refractivity contribution in [2.24, 2.45) is 0 Å². The highest BCUT2D eigenvalue weighted by molar-refractivity contribution is 6.01. The van der Waals surface area contributed by atoms with Crippen molar-refractivity contribution < 1.29 is 13.7 Å². The van der Waals surface area contributed by atoms with E-state index in [1.54, 1.807) is 36.5 Å². The third kappa shape index (κ3) is 3.24. The summed E-state index contributed by atoms with van der Waals surface area (Å²) < 4.78 is 10.1. The van der Waals surface area contributed by atoms with Crippen molar-refractivity contribution in [2.75, 3.05) is 5.32 Å². The van der Waals surface area contributed by atoms with Gasteiger partial charge in [-0.3, -0.25) is 15.1 Å². The molecular weight excluding hydrogens is 270 g/mol. The third-order valence-electron chi connectivity index (χ3n) is 2.63. The van der Waals surface area contributed by atoms with Crippen LogP contribution in [0.4, 0.5) is 5.88 Å². The molecule has 1 amide bonds. The third-order valence-corrected chi connectivity index (χ3v) is 2.63. The van der Waals surface area contributed by atoms with Crippen molar-refractivity contribution in [1.29, 1.82) is 0 Å². The molecule has 0 aromatic carbocycles. The molecule has 0 unspecified atom stereocenters. The summed E-state index contributed by atoms with van der Waals surface area (Å²) >= 11 is 0. The van der Waals surface area contributed by atoms with Gasteiger partial charge in [0.15, 0.2) is 0 Å². The smallest absolute Gasteiger partial charge is 0.250 e. The van der Waals surface area contributed by atoms with Crippen LogP contribution < -0.4 is 5.32 Å². The van der Waals surface area contributed by atoms with E-state index < -0.39 is 0 Å². The zero-order valence-electron chi connectivity index (χ0n) is 10.9. The molecule has 0 aliphatic rings. The molecule has 0 atom stereocenters. The van der Waals surface area contributed by atoms with Crippen LogP contribution in [0.1, 0.15) is 5.76 Å². The number of rotatable bonds is 4. The molecule has 6 heteroatoms. The van der Waals surface area contributed by atoms with Crippen LogP contribution in [0.5, 0.6) is 0 Å². The van der Waals surface area contributed by atoms with Gasteiger partial charge in [0.05, 0.1) is 12.0 Å². The average molecular weight is 281 g/mol. The number of furan rings is 1. The van der Waals surface area contributed by atoms with Gasteiger partial charge < -0.3 is 8.94 Å². The summed E-state index contributed by atoms with van der Waals surface area (Å²) in [6.45, 7) is 0. The fraction of sp³-hybridized carbons (Fsp3) is 0. The SMILES string of the molecule is O=C(/C=C/c1ccco1)Nc1cc(-c2ccccn2)no1. The summed E-state index contributed by atoms with van der Waals surface area (Å²) in [4.78, 5) is 15.9. The van der Waals surface area contributed by atoms with Crippen LogP contribution in [0.25, 0.3) is 17.5 Å². The minimum Gasteiger partial charge on any atom is -0.465 e. The molecule has 6 nitrogen and oxygen atoms in total. The first kappa shape index (κ1) is 12.9. The van der Waals surface area contributed by atoms with Crippen molar-refractivity contribution in [3.8, 4) is 11.4 Å². The van der Waals surface area contributed by atoms with Gasteiger partial charge >= 0.3 is 0 Å². The molecule has 3 aromatic heterocycles. The highest BCUT2D eigenvalue weighted by Gasteiger charge is 2.08. The monoisotopic (exact) mass is 281 g/mol. The Bertz CT molecular complexity index is 746. The van der Waals surface area contributed by atoms with E-state index >= 15 is 0 Å².